The molecular weight excluding hydrogens is 492 g/mol. The van der Waals surface area contributed by atoms with Crippen LogP contribution >= 0.6 is 11.6 Å². The third kappa shape index (κ3) is 4.85. The van der Waals surface area contributed by atoms with Crippen molar-refractivity contribution in [3.63, 3.8) is 0 Å². The third-order valence-electron chi connectivity index (χ3n) is 6.25. The van der Waals surface area contributed by atoms with Crippen molar-refractivity contribution in [2.75, 3.05) is 6.61 Å². The molecule has 0 bridgehead atoms. The summed E-state index contributed by atoms with van der Waals surface area (Å²) >= 11 is 5.97. The molecule has 2 aromatic heterocycles. The van der Waals surface area contributed by atoms with Crippen LogP contribution in [0.25, 0.3) is 5.65 Å². The SMILES string of the molecule is O[C@@H]([C@H](O)COC(c1ccccc1)(c1ccccc1)c1ccccc1)[C@@H](O)c1nnc2ccc(Cl)nn12. The lowest BCUT2D eigenvalue weighted by Crippen LogP contribution is -2.41. The predicted molar refractivity (Wildman–Crippen MR) is 138 cm³/mol. The summed E-state index contributed by atoms with van der Waals surface area (Å²) in [5, 5.41) is 44.8. The van der Waals surface area contributed by atoms with Crippen molar-refractivity contribution >= 4 is 17.2 Å². The number of benzene rings is 3. The van der Waals surface area contributed by atoms with Crippen LogP contribution in [0, 0.1) is 0 Å². The highest BCUT2D eigenvalue weighted by molar-refractivity contribution is 6.29. The molecule has 9 heteroatoms. The lowest BCUT2D eigenvalue weighted by molar-refractivity contribution is -0.113. The number of ether oxygens (including phenoxy) is 1. The fourth-order valence-corrected chi connectivity index (χ4v) is 4.55. The molecule has 0 fully saturated rings. The van der Waals surface area contributed by atoms with Gasteiger partial charge in [0.15, 0.2) is 11.5 Å². The third-order valence-corrected chi connectivity index (χ3v) is 6.45. The molecule has 0 radical (unpaired) electrons. The highest BCUT2D eigenvalue weighted by Crippen LogP contribution is 2.40. The van der Waals surface area contributed by atoms with E-state index in [0.29, 0.717) is 5.65 Å². The van der Waals surface area contributed by atoms with E-state index in [1.54, 1.807) is 6.07 Å². The second-order valence-electron chi connectivity index (χ2n) is 8.58. The Morgan fingerprint density at radius 2 is 1.24 bits per heavy atom. The summed E-state index contributed by atoms with van der Waals surface area (Å²) in [6.45, 7) is -0.304. The van der Waals surface area contributed by atoms with Gasteiger partial charge in [0.1, 0.15) is 29.1 Å². The van der Waals surface area contributed by atoms with Gasteiger partial charge < -0.3 is 20.1 Å². The zero-order valence-corrected chi connectivity index (χ0v) is 20.4. The molecule has 3 atom stereocenters. The largest absolute Gasteiger partial charge is 0.388 e. The van der Waals surface area contributed by atoms with Gasteiger partial charge >= 0.3 is 0 Å². The summed E-state index contributed by atoms with van der Waals surface area (Å²) in [6.07, 6.45) is -4.72. The van der Waals surface area contributed by atoms with Gasteiger partial charge in [0.2, 0.25) is 0 Å². The van der Waals surface area contributed by atoms with E-state index in [9.17, 15) is 15.3 Å². The highest BCUT2D eigenvalue weighted by atomic mass is 35.5. The van der Waals surface area contributed by atoms with E-state index >= 15 is 0 Å². The molecule has 0 aliphatic heterocycles. The fraction of sp³-hybridized carbons (Fsp3) is 0.179. The van der Waals surface area contributed by atoms with Crippen LogP contribution in [0.5, 0.6) is 0 Å². The summed E-state index contributed by atoms with van der Waals surface area (Å²) in [4.78, 5) is 0. The summed E-state index contributed by atoms with van der Waals surface area (Å²) < 4.78 is 7.77. The zero-order valence-electron chi connectivity index (χ0n) is 19.7. The van der Waals surface area contributed by atoms with Crippen molar-refractivity contribution in [3.8, 4) is 0 Å². The normalized spacial score (nSPS) is 14.4. The first kappa shape index (κ1) is 25.0. The predicted octanol–water partition coefficient (Wildman–Crippen LogP) is 3.54. The van der Waals surface area contributed by atoms with Crippen molar-refractivity contribution in [1.29, 1.82) is 0 Å². The zero-order chi connectivity index (χ0) is 25.8. The van der Waals surface area contributed by atoms with Crippen LogP contribution in [-0.2, 0) is 10.3 Å². The second-order valence-corrected chi connectivity index (χ2v) is 8.96. The van der Waals surface area contributed by atoms with E-state index in [1.807, 2.05) is 91.0 Å². The Balaban J connectivity index is 1.48. The molecule has 5 rings (SSSR count). The summed E-state index contributed by atoms with van der Waals surface area (Å²) in [7, 11) is 0. The molecule has 2 heterocycles. The Bertz CT molecular complexity index is 1350. The monoisotopic (exact) mass is 516 g/mol. The van der Waals surface area contributed by atoms with E-state index < -0.39 is 23.9 Å². The molecule has 188 valence electrons. The lowest BCUT2D eigenvalue weighted by atomic mass is 9.80. The Kier molecular flexibility index (Phi) is 7.27. The van der Waals surface area contributed by atoms with Gasteiger partial charge in [-0.25, -0.2) is 0 Å². The van der Waals surface area contributed by atoms with Gasteiger partial charge in [-0.15, -0.1) is 10.2 Å². The number of aliphatic hydroxyl groups is 3. The number of rotatable bonds is 9. The molecule has 3 N–H and O–H groups in total. The van der Waals surface area contributed by atoms with Crippen molar-refractivity contribution in [2.45, 2.75) is 23.9 Å². The van der Waals surface area contributed by atoms with Crippen molar-refractivity contribution in [3.05, 3.63) is 131 Å². The van der Waals surface area contributed by atoms with Crippen molar-refractivity contribution in [1.82, 2.24) is 19.8 Å². The minimum absolute atomic E-state index is 0.0514. The van der Waals surface area contributed by atoms with Crippen LogP contribution in [0.2, 0.25) is 5.15 Å². The quantitative estimate of drug-likeness (QED) is 0.257. The molecule has 0 spiro atoms. The summed E-state index contributed by atoms with van der Waals surface area (Å²) in [6, 6.07) is 32.1. The summed E-state index contributed by atoms with van der Waals surface area (Å²) in [5.41, 5.74) is 1.78. The van der Waals surface area contributed by atoms with Gasteiger partial charge in [0.05, 0.1) is 6.61 Å². The van der Waals surface area contributed by atoms with Gasteiger partial charge in [-0.05, 0) is 28.8 Å². The molecule has 3 aromatic carbocycles. The molecule has 37 heavy (non-hydrogen) atoms. The van der Waals surface area contributed by atoms with Gasteiger partial charge in [-0.2, -0.15) is 9.61 Å². The fourth-order valence-electron chi connectivity index (χ4n) is 4.41. The van der Waals surface area contributed by atoms with Crippen LogP contribution in [0.15, 0.2) is 103 Å². The van der Waals surface area contributed by atoms with E-state index in [4.69, 9.17) is 16.3 Å². The van der Waals surface area contributed by atoms with Crippen molar-refractivity contribution in [2.24, 2.45) is 0 Å². The highest BCUT2D eigenvalue weighted by Gasteiger charge is 2.39. The lowest BCUT2D eigenvalue weighted by Gasteiger charge is -2.37. The number of aromatic nitrogens is 4. The van der Waals surface area contributed by atoms with E-state index in [0.717, 1.165) is 16.7 Å². The minimum Gasteiger partial charge on any atom is -0.388 e. The Morgan fingerprint density at radius 3 is 1.76 bits per heavy atom. The first-order valence-electron chi connectivity index (χ1n) is 11.7. The number of fused-ring (bicyclic) bond motifs is 1. The first-order valence-corrected chi connectivity index (χ1v) is 12.1. The van der Waals surface area contributed by atoms with E-state index in [-0.39, 0.29) is 17.6 Å². The number of halogens is 1. The molecule has 8 nitrogen and oxygen atoms in total. The van der Waals surface area contributed by atoms with Crippen LogP contribution in [-0.4, -0.2) is 53.9 Å². The standard InChI is InChI=1S/C28H25ClN4O4/c29-23-16-17-24-30-31-27(33(24)32-23)26(36)25(35)22(34)18-37-28(19-10-4-1-5-11-19,20-12-6-2-7-13-20)21-14-8-3-9-15-21/h1-17,22,25-26,34-36H,18H2/t22-,25+,26-/m1/s1. The van der Waals surface area contributed by atoms with Crippen molar-refractivity contribution < 1.29 is 20.1 Å². The maximum absolute atomic E-state index is 11.0. The molecule has 0 amide bonds. The number of nitrogens with zero attached hydrogens (tertiary/aromatic N) is 4. The molecule has 0 aliphatic rings. The van der Waals surface area contributed by atoms with Gasteiger partial charge in [0.25, 0.3) is 0 Å². The van der Waals surface area contributed by atoms with E-state index in [1.165, 1.54) is 10.6 Å². The number of aliphatic hydroxyl groups excluding tert-OH is 3. The Hall–Kier alpha value is -3.66. The van der Waals surface area contributed by atoms with E-state index in [2.05, 4.69) is 15.3 Å². The molecule has 0 saturated heterocycles. The second kappa shape index (κ2) is 10.8. The molecule has 0 aliphatic carbocycles. The number of hydrogen-bond donors (Lipinski definition) is 3. The smallest absolute Gasteiger partial charge is 0.186 e. The van der Waals surface area contributed by atoms with Crippen LogP contribution in [0.3, 0.4) is 0 Å². The van der Waals surface area contributed by atoms with Gasteiger partial charge in [0, 0.05) is 0 Å². The van der Waals surface area contributed by atoms with Crippen LogP contribution in [0.1, 0.15) is 28.6 Å². The average molecular weight is 517 g/mol. The molecule has 5 aromatic rings. The molecule has 0 saturated carbocycles. The Morgan fingerprint density at radius 1 is 0.730 bits per heavy atom. The first-order chi connectivity index (χ1) is 18.0. The topological polar surface area (TPSA) is 113 Å². The molecule has 0 unspecified atom stereocenters. The van der Waals surface area contributed by atoms with Crippen LogP contribution in [0.4, 0.5) is 0 Å². The van der Waals surface area contributed by atoms with Gasteiger partial charge in [-0.3, -0.25) is 0 Å². The molecular formula is C28H25ClN4O4. The Labute approximate surface area is 218 Å². The van der Waals surface area contributed by atoms with Gasteiger partial charge in [-0.1, -0.05) is 103 Å². The number of hydrogen-bond acceptors (Lipinski definition) is 7. The maximum Gasteiger partial charge on any atom is 0.186 e. The maximum atomic E-state index is 11.0. The minimum atomic E-state index is -1.65. The summed E-state index contributed by atoms with van der Waals surface area (Å²) in [5.74, 6) is -0.0514. The average Bonchev–Trinajstić information content (AvgIpc) is 3.37. The van der Waals surface area contributed by atoms with Crippen LogP contribution < -0.4 is 0 Å².